The fourth-order valence-corrected chi connectivity index (χ4v) is 0.986. The number of aliphatic imine (C=N–C) groups is 1. The van der Waals surface area contributed by atoms with E-state index in [-0.39, 0.29) is 0 Å². The van der Waals surface area contributed by atoms with E-state index in [1.54, 1.807) is 24.3 Å². The van der Waals surface area contributed by atoms with Crippen LogP contribution in [-0.2, 0) is 4.79 Å². The Balaban J connectivity index is 2.83. The number of hydrogen-bond donors (Lipinski definition) is 1. The standard InChI is InChI=1S/C10H7NO2S/c12-10(13)6-3-8-1-4-9(5-2-8)11-7-14/h1-6H,(H,12,13)/b6-3+. The first-order chi connectivity index (χ1) is 6.72. The molecule has 0 fully saturated rings. The van der Waals surface area contributed by atoms with E-state index in [0.29, 0.717) is 5.69 Å². The molecular weight excluding hydrogens is 198 g/mol. The maximum absolute atomic E-state index is 10.2. The van der Waals surface area contributed by atoms with Crippen LogP contribution < -0.4 is 0 Å². The molecule has 0 aliphatic carbocycles. The van der Waals surface area contributed by atoms with Crippen molar-refractivity contribution in [1.82, 2.24) is 0 Å². The summed E-state index contributed by atoms with van der Waals surface area (Å²) in [6, 6.07) is 6.98. The van der Waals surface area contributed by atoms with Crippen LogP contribution >= 0.6 is 12.2 Å². The Kier molecular flexibility index (Phi) is 3.73. The Hall–Kier alpha value is -1.77. The summed E-state index contributed by atoms with van der Waals surface area (Å²) in [5.41, 5.74) is 1.50. The Morgan fingerprint density at radius 2 is 2.07 bits per heavy atom. The summed E-state index contributed by atoms with van der Waals surface area (Å²) in [4.78, 5) is 14.0. The molecule has 1 rings (SSSR count). The fraction of sp³-hybridized carbons (Fsp3) is 0. The number of isothiocyanates is 1. The van der Waals surface area contributed by atoms with E-state index in [9.17, 15) is 4.79 Å². The molecule has 70 valence electrons. The van der Waals surface area contributed by atoms with Crippen LogP contribution in [0.3, 0.4) is 0 Å². The molecule has 0 radical (unpaired) electrons. The second-order valence-electron chi connectivity index (χ2n) is 2.47. The highest BCUT2D eigenvalue weighted by Gasteiger charge is 1.90. The maximum atomic E-state index is 10.2. The number of rotatable bonds is 3. The number of carboxylic acid groups (broad SMARTS) is 1. The SMILES string of the molecule is O=C(O)/C=C/c1ccc(N=C=S)cc1. The predicted molar refractivity (Wildman–Crippen MR) is 57.8 cm³/mol. The zero-order valence-corrected chi connectivity index (χ0v) is 7.99. The third-order valence-electron chi connectivity index (χ3n) is 1.49. The molecule has 4 heteroatoms. The van der Waals surface area contributed by atoms with Crippen molar-refractivity contribution in [2.24, 2.45) is 4.99 Å². The van der Waals surface area contributed by atoms with E-state index >= 15 is 0 Å². The van der Waals surface area contributed by atoms with Gasteiger partial charge in [-0.15, -0.1) is 0 Å². The number of nitrogens with zero attached hydrogens (tertiary/aromatic N) is 1. The van der Waals surface area contributed by atoms with Gasteiger partial charge in [-0.1, -0.05) is 12.1 Å². The minimum Gasteiger partial charge on any atom is -0.478 e. The van der Waals surface area contributed by atoms with Gasteiger partial charge in [0.1, 0.15) is 0 Å². The van der Waals surface area contributed by atoms with Crippen molar-refractivity contribution in [1.29, 1.82) is 0 Å². The Bertz CT molecular complexity index is 403. The Labute approximate surface area is 86.4 Å². The van der Waals surface area contributed by atoms with E-state index in [4.69, 9.17) is 5.11 Å². The van der Waals surface area contributed by atoms with Crippen LogP contribution in [0.25, 0.3) is 6.08 Å². The van der Waals surface area contributed by atoms with Crippen LogP contribution in [0, 0.1) is 0 Å². The number of hydrogen-bond acceptors (Lipinski definition) is 3. The lowest BCUT2D eigenvalue weighted by atomic mass is 10.2. The molecule has 0 saturated carbocycles. The number of aliphatic carboxylic acids is 1. The van der Waals surface area contributed by atoms with E-state index in [1.807, 2.05) is 0 Å². The molecule has 0 aliphatic heterocycles. The molecule has 0 aromatic heterocycles. The first kappa shape index (κ1) is 10.3. The van der Waals surface area contributed by atoms with Crippen LogP contribution in [0.1, 0.15) is 5.56 Å². The fourth-order valence-electron chi connectivity index (χ4n) is 0.880. The molecule has 1 aromatic rings. The third-order valence-corrected chi connectivity index (χ3v) is 1.58. The van der Waals surface area contributed by atoms with Crippen molar-refractivity contribution in [3.63, 3.8) is 0 Å². The summed E-state index contributed by atoms with van der Waals surface area (Å²) in [6.07, 6.45) is 2.59. The van der Waals surface area contributed by atoms with Gasteiger partial charge in [0, 0.05) is 6.08 Å². The second kappa shape index (κ2) is 5.07. The van der Waals surface area contributed by atoms with Crippen molar-refractivity contribution >= 4 is 35.1 Å². The van der Waals surface area contributed by atoms with Crippen molar-refractivity contribution in [3.05, 3.63) is 35.9 Å². The third kappa shape index (κ3) is 3.31. The topological polar surface area (TPSA) is 49.7 Å². The lowest BCUT2D eigenvalue weighted by molar-refractivity contribution is -0.131. The van der Waals surface area contributed by atoms with Gasteiger partial charge in [-0.25, -0.2) is 4.79 Å². The minimum atomic E-state index is -0.967. The summed E-state index contributed by atoms with van der Waals surface area (Å²) in [5.74, 6) is -0.967. The monoisotopic (exact) mass is 205 g/mol. The van der Waals surface area contributed by atoms with Gasteiger partial charge in [-0.05, 0) is 36.0 Å². The zero-order chi connectivity index (χ0) is 10.4. The second-order valence-corrected chi connectivity index (χ2v) is 2.65. The average molecular weight is 205 g/mol. The molecular formula is C10H7NO2S. The summed E-state index contributed by atoms with van der Waals surface area (Å²) in [6.45, 7) is 0. The minimum absolute atomic E-state index is 0.701. The van der Waals surface area contributed by atoms with Gasteiger partial charge in [0.05, 0.1) is 10.8 Å². The molecule has 0 spiro atoms. The lowest BCUT2D eigenvalue weighted by Crippen LogP contribution is -1.85. The predicted octanol–water partition coefficient (Wildman–Crippen LogP) is 2.52. The molecule has 14 heavy (non-hydrogen) atoms. The zero-order valence-electron chi connectivity index (χ0n) is 7.18. The molecule has 1 aromatic carbocycles. The van der Waals surface area contributed by atoms with Crippen molar-refractivity contribution in [2.75, 3.05) is 0 Å². The van der Waals surface area contributed by atoms with Gasteiger partial charge in [0.25, 0.3) is 0 Å². The molecule has 1 N–H and O–H groups in total. The largest absolute Gasteiger partial charge is 0.478 e. The molecule has 0 bridgehead atoms. The van der Waals surface area contributed by atoms with Crippen LogP contribution in [0.2, 0.25) is 0 Å². The van der Waals surface area contributed by atoms with Crippen LogP contribution in [-0.4, -0.2) is 16.2 Å². The van der Waals surface area contributed by atoms with Gasteiger partial charge in [-0.2, -0.15) is 4.99 Å². The number of carbonyl (C=O) groups is 1. The Morgan fingerprint density at radius 1 is 1.43 bits per heavy atom. The van der Waals surface area contributed by atoms with Crippen molar-refractivity contribution in [3.8, 4) is 0 Å². The summed E-state index contributed by atoms with van der Waals surface area (Å²) in [7, 11) is 0. The number of thiocarbonyl (C=S) groups is 1. The maximum Gasteiger partial charge on any atom is 0.328 e. The smallest absolute Gasteiger partial charge is 0.328 e. The first-order valence-electron chi connectivity index (χ1n) is 3.81. The van der Waals surface area contributed by atoms with Gasteiger partial charge in [-0.3, -0.25) is 0 Å². The van der Waals surface area contributed by atoms with E-state index in [2.05, 4.69) is 22.4 Å². The molecule has 0 unspecified atom stereocenters. The van der Waals surface area contributed by atoms with E-state index in [0.717, 1.165) is 11.6 Å². The van der Waals surface area contributed by atoms with Gasteiger partial charge < -0.3 is 5.11 Å². The highest BCUT2D eigenvalue weighted by atomic mass is 32.1. The summed E-state index contributed by atoms with van der Waals surface area (Å²) in [5, 5.41) is 10.6. The highest BCUT2D eigenvalue weighted by molar-refractivity contribution is 7.78. The highest BCUT2D eigenvalue weighted by Crippen LogP contribution is 2.12. The van der Waals surface area contributed by atoms with Gasteiger partial charge in [0.2, 0.25) is 0 Å². The van der Waals surface area contributed by atoms with Crippen LogP contribution in [0.15, 0.2) is 35.3 Å². The van der Waals surface area contributed by atoms with Crippen LogP contribution in [0.4, 0.5) is 5.69 Å². The van der Waals surface area contributed by atoms with E-state index < -0.39 is 5.97 Å². The molecule has 0 atom stereocenters. The molecule has 0 amide bonds. The van der Waals surface area contributed by atoms with Crippen molar-refractivity contribution in [2.45, 2.75) is 0 Å². The molecule has 3 nitrogen and oxygen atoms in total. The number of benzene rings is 1. The Morgan fingerprint density at radius 3 is 2.57 bits per heavy atom. The summed E-state index contributed by atoms with van der Waals surface area (Å²) < 4.78 is 0. The van der Waals surface area contributed by atoms with Crippen LogP contribution in [0.5, 0.6) is 0 Å². The normalized spacial score (nSPS) is 9.71. The lowest BCUT2D eigenvalue weighted by Gasteiger charge is -1.92. The molecule has 0 heterocycles. The average Bonchev–Trinajstić information content (AvgIpc) is 2.17. The molecule has 0 saturated heterocycles. The number of carboxylic acids is 1. The first-order valence-corrected chi connectivity index (χ1v) is 4.22. The van der Waals surface area contributed by atoms with Crippen molar-refractivity contribution < 1.29 is 9.90 Å². The molecule has 0 aliphatic rings. The van der Waals surface area contributed by atoms with E-state index in [1.165, 1.54) is 6.08 Å². The quantitative estimate of drug-likeness (QED) is 0.468. The summed E-state index contributed by atoms with van der Waals surface area (Å²) >= 11 is 4.44. The van der Waals surface area contributed by atoms with Gasteiger partial charge >= 0.3 is 5.97 Å². The van der Waals surface area contributed by atoms with Gasteiger partial charge in [0.15, 0.2) is 0 Å².